The Morgan fingerprint density at radius 1 is 1.26 bits per heavy atom. The van der Waals surface area contributed by atoms with E-state index in [1.807, 2.05) is 37.5 Å². The van der Waals surface area contributed by atoms with Crippen LogP contribution in [-0.2, 0) is 0 Å². The molecule has 1 aliphatic carbocycles. The maximum Gasteiger partial charge on any atom is 0.129 e. The average Bonchev–Trinajstić information content (AvgIpc) is 2.43. The van der Waals surface area contributed by atoms with Crippen LogP contribution in [0, 0.1) is 5.41 Å². The zero-order valence-electron chi connectivity index (χ0n) is 11.7. The molecular weight excluding hydrogens is 236 g/mol. The highest BCUT2D eigenvalue weighted by molar-refractivity contribution is 5.84. The minimum Gasteiger partial charge on any atom is -0.489 e. The molecule has 1 aliphatic rings. The van der Waals surface area contributed by atoms with Crippen LogP contribution in [0.1, 0.15) is 20.3 Å². The van der Waals surface area contributed by atoms with Crippen LogP contribution in [0.5, 0.6) is 5.75 Å². The lowest BCUT2D eigenvalue weighted by Crippen LogP contribution is -2.61. The molecule has 1 heterocycles. The zero-order valence-corrected chi connectivity index (χ0v) is 11.7. The lowest BCUT2D eigenvalue weighted by Gasteiger charge is -2.51. The van der Waals surface area contributed by atoms with Crippen molar-refractivity contribution in [3.63, 3.8) is 0 Å². The van der Waals surface area contributed by atoms with E-state index in [2.05, 4.69) is 30.2 Å². The number of pyridine rings is 1. The van der Waals surface area contributed by atoms with Crippen molar-refractivity contribution in [3.05, 3.63) is 36.5 Å². The Bertz CT molecular complexity index is 589. The number of nitrogens with zero attached hydrogens (tertiary/aromatic N) is 1. The van der Waals surface area contributed by atoms with Crippen molar-refractivity contribution in [2.24, 2.45) is 5.41 Å². The highest BCUT2D eigenvalue weighted by Gasteiger charge is 2.49. The van der Waals surface area contributed by atoms with Crippen LogP contribution in [0.3, 0.4) is 0 Å². The Kier molecular flexibility index (Phi) is 2.94. The van der Waals surface area contributed by atoms with E-state index in [1.165, 1.54) is 0 Å². The van der Waals surface area contributed by atoms with Crippen molar-refractivity contribution in [2.75, 3.05) is 7.05 Å². The van der Waals surface area contributed by atoms with Gasteiger partial charge in [-0.3, -0.25) is 4.98 Å². The molecule has 0 bridgehead atoms. The first-order chi connectivity index (χ1) is 9.13. The van der Waals surface area contributed by atoms with Crippen LogP contribution in [0.2, 0.25) is 0 Å². The monoisotopic (exact) mass is 256 g/mol. The van der Waals surface area contributed by atoms with E-state index in [4.69, 9.17) is 4.74 Å². The van der Waals surface area contributed by atoms with Crippen LogP contribution in [0.15, 0.2) is 36.5 Å². The molecular formula is C16H20N2O. The SMILES string of the molecule is CNC1CC(Oc2cccc3ncccc23)C1(C)C. The van der Waals surface area contributed by atoms with E-state index in [0.717, 1.165) is 23.1 Å². The fourth-order valence-electron chi connectivity index (χ4n) is 2.91. The number of nitrogens with one attached hydrogen (secondary N) is 1. The van der Waals surface area contributed by atoms with Crippen LogP contribution < -0.4 is 10.1 Å². The molecule has 100 valence electrons. The number of ether oxygens (including phenoxy) is 1. The highest BCUT2D eigenvalue weighted by atomic mass is 16.5. The largest absolute Gasteiger partial charge is 0.489 e. The molecule has 2 unspecified atom stereocenters. The first-order valence-electron chi connectivity index (χ1n) is 6.80. The quantitative estimate of drug-likeness (QED) is 0.916. The fraction of sp³-hybridized carbons (Fsp3) is 0.438. The van der Waals surface area contributed by atoms with E-state index in [0.29, 0.717) is 6.04 Å². The summed E-state index contributed by atoms with van der Waals surface area (Å²) < 4.78 is 6.23. The third-order valence-corrected chi connectivity index (χ3v) is 4.40. The number of fused-ring (bicyclic) bond motifs is 1. The minimum atomic E-state index is 0.166. The number of hydrogen-bond acceptors (Lipinski definition) is 3. The van der Waals surface area contributed by atoms with Crippen molar-refractivity contribution in [3.8, 4) is 5.75 Å². The first-order valence-corrected chi connectivity index (χ1v) is 6.80. The van der Waals surface area contributed by atoms with Crippen molar-refractivity contribution >= 4 is 10.9 Å². The van der Waals surface area contributed by atoms with Crippen LogP contribution in [-0.4, -0.2) is 24.2 Å². The molecule has 1 fully saturated rings. The molecule has 2 atom stereocenters. The Labute approximate surface area is 114 Å². The number of aromatic nitrogens is 1. The van der Waals surface area contributed by atoms with Crippen molar-refractivity contribution < 1.29 is 4.74 Å². The Hall–Kier alpha value is -1.61. The van der Waals surface area contributed by atoms with Crippen LogP contribution >= 0.6 is 0 Å². The van der Waals surface area contributed by atoms with Gasteiger partial charge in [-0.1, -0.05) is 19.9 Å². The van der Waals surface area contributed by atoms with Gasteiger partial charge in [0.05, 0.1) is 5.52 Å². The number of benzene rings is 1. The molecule has 1 aromatic carbocycles. The van der Waals surface area contributed by atoms with Gasteiger partial charge in [0.1, 0.15) is 11.9 Å². The van der Waals surface area contributed by atoms with Crippen LogP contribution in [0.4, 0.5) is 0 Å². The van der Waals surface area contributed by atoms with Crippen molar-refractivity contribution in [1.82, 2.24) is 10.3 Å². The van der Waals surface area contributed by atoms with E-state index >= 15 is 0 Å². The Morgan fingerprint density at radius 2 is 2.11 bits per heavy atom. The predicted molar refractivity (Wildman–Crippen MR) is 77.4 cm³/mol. The zero-order chi connectivity index (χ0) is 13.5. The second kappa shape index (κ2) is 4.49. The summed E-state index contributed by atoms with van der Waals surface area (Å²) in [6.07, 6.45) is 3.13. The van der Waals surface area contributed by atoms with Gasteiger partial charge in [0.25, 0.3) is 0 Å². The summed E-state index contributed by atoms with van der Waals surface area (Å²) in [6.45, 7) is 4.51. The van der Waals surface area contributed by atoms with Gasteiger partial charge in [-0.05, 0) is 31.3 Å². The fourth-order valence-corrected chi connectivity index (χ4v) is 2.91. The summed E-state index contributed by atoms with van der Waals surface area (Å²) in [7, 11) is 2.02. The molecule has 0 amide bonds. The predicted octanol–water partition coefficient (Wildman–Crippen LogP) is 3.00. The topological polar surface area (TPSA) is 34.1 Å². The molecule has 1 N–H and O–H groups in total. The first kappa shape index (κ1) is 12.4. The van der Waals surface area contributed by atoms with Gasteiger partial charge in [0.15, 0.2) is 0 Å². The minimum absolute atomic E-state index is 0.166. The summed E-state index contributed by atoms with van der Waals surface area (Å²) in [5.41, 5.74) is 1.15. The van der Waals surface area contributed by atoms with Gasteiger partial charge in [0.2, 0.25) is 0 Å². The normalized spacial score (nSPS) is 25.0. The number of rotatable bonds is 3. The molecule has 1 saturated carbocycles. The van der Waals surface area contributed by atoms with Gasteiger partial charge in [-0.2, -0.15) is 0 Å². The summed E-state index contributed by atoms with van der Waals surface area (Å²) in [5.74, 6) is 0.943. The third kappa shape index (κ3) is 1.98. The molecule has 3 nitrogen and oxygen atoms in total. The lowest BCUT2D eigenvalue weighted by molar-refractivity contribution is -0.0512. The maximum atomic E-state index is 6.23. The van der Waals surface area contributed by atoms with Gasteiger partial charge < -0.3 is 10.1 Å². The summed E-state index contributed by atoms with van der Waals surface area (Å²) in [4.78, 5) is 4.37. The molecule has 3 heteroatoms. The highest BCUT2D eigenvalue weighted by Crippen LogP contribution is 2.43. The molecule has 19 heavy (non-hydrogen) atoms. The second-order valence-corrected chi connectivity index (χ2v) is 5.83. The van der Waals surface area contributed by atoms with Gasteiger partial charge >= 0.3 is 0 Å². The van der Waals surface area contributed by atoms with Gasteiger partial charge in [-0.25, -0.2) is 0 Å². The Balaban J connectivity index is 1.87. The maximum absolute atomic E-state index is 6.23. The lowest BCUT2D eigenvalue weighted by atomic mass is 9.64. The summed E-state index contributed by atoms with van der Waals surface area (Å²) >= 11 is 0. The molecule has 0 radical (unpaired) electrons. The van der Waals surface area contributed by atoms with Gasteiger partial charge in [0, 0.05) is 29.5 Å². The van der Waals surface area contributed by atoms with Gasteiger partial charge in [-0.15, -0.1) is 0 Å². The standard InChI is InChI=1S/C16H20N2O/c1-16(2)14(17-3)10-15(16)19-13-8-4-7-12-11(13)6-5-9-18-12/h4-9,14-15,17H,10H2,1-3H3. The van der Waals surface area contributed by atoms with Crippen molar-refractivity contribution in [2.45, 2.75) is 32.4 Å². The molecule has 0 aliphatic heterocycles. The molecule has 1 aromatic heterocycles. The average molecular weight is 256 g/mol. The second-order valence-electron chi connectivity index (χ2n) is 5.83. The van der Waals surface area contributed by atoms with E-state index < -0.39 is 0 Å². The van der Waals surface area contributed by atoms with E-state index in [1.54, 1.807) is 0 Å². The van der Waals surface area contributed by atoms with Crippen molar-refractivity contribution in [1.29, 1.82) is 0 Å². The summed E-state index contributed by atoms with van der Waals surface area (Å²) in [6, 6.07) is 10.6. The van der Waals surface area contributed by atoms with E-state index in [9.17, 15) is 0 Å². The Morgan fingerprint density at radius 3 is 2.84 bits per heavy atom. The molecule has 2 aromatic rings. The third-order valence-electron chi connectivity index (χ3n) is 4.40. The van der Waals surface area contributed by atoms with Crippen LogP contribution in [0.25, 0.3) is 10.9 Å². The van der Waals surface area contributed by atoms with E-state index in [-0.39, 0.29) is 11.5 Å². The number of hydrogen-bond donors (Lipinski definition) is 1. The molecule has 3 rings (SSSR count). The smallest absolute Gasteiger partial charge is 0.129 e. The molecule has 0 saturated heterocycles. The summed E-state index contributed by atoms with van der Waals surface area (Å²) in [5, 5.41) is 4.44. The molecule has 0 spiro atoms.